The van der Waals surface area contributed by atoms with Crippen molar-refractivity contribution in [2.45, 2.75) is 96.8 Å². The van der Waals surface area contributed by atoms with Gasteiger partial charge < -0.3 is 0 Å². The maximum atomic E-state index is 14.6. The molecular formula is C28H38F2. The fraction of sp³-hybridized carbons (Fsp3) is 0.571. The van der Waals surface area contributed by atoms with Gasteiger partial charge in [0.15, 0.2) is 11.6 Å². The molecule has 0 atom stereocenters. The van der Waals surface area contributed by atoms with Crippen LogP contribution in [0.4, 0.5) is 8.78 Å². The number of aryl methyl sites for hydroxylation is 1. The molecule has 1 aliphatic carbocycles. The summed E-state index contributed by atoms with van der Waals surface area (Å²) in [5, 5.41) is 0. The van der Waals surface area contributed by atoms with Crippen molar-refractivity contribution in [3.8, 4) is 11.1 Å². The van der Waals surface area contributed by atoms with E-state index in [9.17, 15) is 8.78 Å². The number of hydrogen-bond acceptors (Lipinski definition) is 0. The minimum atomic E-state index is -0.715. The zero-order valence-electron chi connectivity index (χ0n) is 18.9. The third-order valence-electron chi connectivity index (χ3n) is 6.94. The number of unbranched alkanes of at least 4 members (excludes halogenated alkanes) is 4. The average molecular weight is 413 g/mol. The Hall–Kier alpha value is -1.70. The van der Waals surface area contributed by atoms with Crippen molar-refractivity contribution >= 4 is 0 Å². The van der Waals surface area contributed by atoms with Crippen LogP contribution in [0.3, 0.4) is 0 Å². The molecule has 1 saturated carbocycles. The van der Waals surface area contributed by atoms with Crippen molar-refractivity contribution in [3.05, 3.63) is 59.2 Å². The molecule has 2 aromatic rings. The van der Waals surface area contributed by atoms with E-state index < -0.39 is 11.6 Å². The number of hydrogen-bond donors (Lipinski definition) is 0. The molecule has 0 amide bonds. The fourth-order valence-corrected chi connectivity index (χ4v) is 5.03. The van der Waals surface area contributed by atoms with E-state index in [1.54, 1.807) is 12.1 Å². The molecule has 0 saturated heterocycles. The second-order valence-electron chi connectivity index (χ2n) is 9.19. The summed E-state index contributed by atoms with van der Waals surface area (Å²) in [5.74, 6) is 0.115. The lowest BCUT2D eigenvalue weighted by atomic mass is 9.77. The predicted molar refractivity (Wildman–Crippen MR) is 124 cm³/mol. The molecule has 0 aromatic heterocycles. The minimum absolute atomic E-state index is 0.366. The maximum absolute atomic E-state index is 14.6. The third kappa shape index (κ3) is 5.93. The zero-order valence-corrected chi connectivity index (χ0v) is 18.9. The lowest BCUT2D eigenvalue weighted by molar-refractivity contribution is 0.302. The van der Waals surface area contributed by atoms with Crippen LogP contribution in [0.5, 0.6) is 0 Å². The van der Waals surface area contributed by atoms with Crippen LogP contribution in [0.2, 0.25) is 0 Å². The third-order valence-corrected chi connectivity index (χ3v) is 6.94. The smallest absolute Gasteiger partial charge is 0.166 e. The van der Waals surface area contributed by atoms with E-state index in [4.69, 9.17) is 0 Å². The van der Waals surface area contributed by atoms with Crippen LogP contribution in [-0.4, -0.2) is 0 Å². The minimum Gasteiger partial charge on any atom is -0.203 e. The van der Waals surface area contributed by atoms with Crippen molar-refractivity contribution in [1.82, 2.24) is 0 Å². The Bertz CT molecular complexity index is 770. The van der Waals surface area contributed by atoms with Gasteiger partial charge in [0.1, 0.15) is 0 Å². The van der Waals surface area contributed by atoms with Gasteiger partial charge in [0.05, 0.1) is 0 Å². The van der Waals surface area contributed by atoms with Crippen LogP contribution in [0, 0.1) is 17.6 Å². The van der Waals surface area contributed by atoms with Crippen LogP contribution in [-0.2, 0) is 6.42 Å². The van der Waals surface area contributed by atoms with Crippen LogP contribution in [0.15, 0.2) is 36.4 Å². The highest BCUT2D eigenvalue weighted by Crippen LogP contribution is 2.38. The number of halogens is 2. The first kappa shape index (κ1) is 23.0. The molecule has 0 unspecified atom stereocenters. The van der Waals surface area contributed by atoms with E-state index in [1.807, 2.05) is 19.1 Å². The first-order chi connectivity index (χ1) is 14.6. The van der Waals surface area contributed by atoms with E-state index in [-0.39, 0.29) is 0 Å². The van der Waals surface area contributed by atoms with Gasteiger partial charge >= 0.3 is 0 Å². The van der Waals surface area contributed by atoms with Crippen LogP contribution < -0.4 is 0 Å². The van der Waals surface area contributed by atoms with E-state index in [1.165, 1.54) is 69.8 Å². The Labute approximate surface area is 182 Å². The molecular weight excluding hydrogens is 374 g/mol. The summed E-state index contributed by atoms with van der Waals surface area (Å²) in [5.41, 5.74) is 2.95. The lowest BCUT2D eigenvalue weighted by Gasteiger charge is -2.29. The summed E-state index contributed by atoms with van der Waals surface area (Å²) in [6, 6.07) is 11.6. The first-order valence-corrected chi connectivity index (χ1v) is 12.2. The van der Waals surface area contributed by atoms with E-state index in [2.05, 4.69) is 19.1 Å². The topological polar surface area (TPSA) is 0 Å². The molecule has 0 heterocycles. The summed E-state index contributed by atoms with van der Waals surface area (Å²) in [4.78, 5) is 0. The SMILES string of the molecule is CCCCCCCC1CCC(c2ccc(-c3ccc(CCC)c(F)c3F)cc2)CC1. The molecule has 3 rings (SSSR count). The van der Waals surface area contributed by atoms with Gasteiger partial charge in [-0.05, 0) is 60.6 Å². The van der Waals surface area contributed by atoms with Crippen molar-refractivity contribution in [3.63, 3.8) is 0 Å². The highest BCUT2D eigenvalue weighted by molar-refractivity contribution is 5.65. The Morgan fingerprint density at radius 2 is 1.43 bits per heavy atom. The number of rotatable bonds is 10. The molecule has 0 N–H and O–H groups in total. The predicted octanol–water partition coefficient (Wildman–Crippen LogP) is 9.22. The summed E-state index contributed by atoms with van der Waals surface area (Å²) in [6.07, 6.45) is 14.8. The van der Waals surface area contributed by atoms with Crippen molar-refractivity contribution < 1.29 is 8.78 Å². The van der Waals surface area contributed by atoms with Gasteiger partial charge in [-0.3, -0.25) is 0 Å². The fourth-order valence-electron chi connectivity index (χ4n) is 5.03. The maximum Gasteiger partial charge on any atom is 0.166 e. The van der Waals surface area contributed by atoms with Gasteiger partial charge in [-0.2, -0.15) is 0 Å². The van der Waals surface area contributed by atoms with Crippen LogP contribution in [0.1, 0.15) is 102 Å². The van der Waals surface area contributed by atoms with Crippen molar-refractivity contribution in [2.75, 3.05) is 0 Å². The largest absolute Gasteiger partial charge is 0.203 e. The molecule has 30 heavy (non-hydrogen) atoms. The van der Waals surface area contributed by atoms with Gasteiger partial charge in [0, 0.05) is 5.56 Å². The van der Waals surface area contributed by atoms with E-state index in [0.29, 0.717) is 23.5 Å². The summed E-state index contributed by atoms with van der Waals surface area (Å²) < 4.78 is 28.9. The molecule has 0 spiro atoms. The quantitative estimate of drug-likeness (QED) is 0.341. The van der Waals surface area contributed by atoms with Crippen molar-refractivity contribution in [2.24, 2.45) is 5.92 Å². The van der Waals surface area contributed by atoms with Gasteiger partial charge in [-0.1, -0.05) is 95.2 Å². The van der Waals surface area contributed by atoms with Crippen LogP contribution >= 0.6 is 0 Å². The van der Waals surface area contributed by atoms with Gasteiger partial charge in [-0.15, -0.1) is 0 Å². The molecule has 0 radical (unpaired) electrons. The average Bonchev–Trinajstić information content (AvgIpc) is 2.78. The Kier molecular flexibility index (Phi) is 8.90. The molecule has 0 aliphatic heterocycles. The number of benzene rings is 2. The molecule has 0 nitrogen and oxygen atoms in total. The Morgan fingerprint density at radius 1 is 0.733 bits per heavy atom. The molecule has 2 aromatic carbocycles. The standard InChI is InChI=1S/C28H38F2/c1-3-5-6-7-8-10-21-11-13-22(14-12-21)23-15-17-24(18-16-23)26-20-19-25(9-4-2)27(29)28(26)30/h15-22H,3-14H2,1-2H3. The second kappa shape index (κ2) is 11.6. The molecule has 164 valence electrons. The molecule has 1 fully saturated rings. The first-order valence-electron chi connectivity index (χ1n) is 12.2. The lowest BCUT2D eigenvalue weighted by Crippen LogP contribution is -2.13. The monoisotopic (exact) mass is 412 g/mol. The highest BCUT2D eigenvalue weighted by atomic mass is 19.2. The van der Waals surface area contributed by atoms with Crippen LogP contribution in [0.25, 0.3) is 11.1 Å². The summed E-state index contributed by atoms with van der Waals surface area (Å²) >= 11 is 0. The van der Waals surface area contributed by atoms with Crippen molar-refractivity contribution in [1.29, 1.82) is 0 Å². The summed E-state index contributed by atoms with van der Waals surface area (Å²) in [7, 11) is 0. The molecule has 0 bridgehead atoms. The second-order valence-corrected chi connectivity index (χ2v) is 9.19. The van der Waals surface area contributed by atoms with E-state index >= 15 is 0 Å². The van der Waals surface area contributed by atoms with Gasteiger partial charge in [0.2, 0.25) is 0 Å². The summed E-state index contributed by atoms with van der Waals surface area (Å²) in [6.45, 7) is 4.25. The van der Waals surface area contributed by atoms with Gasteiger partial charge in [-0.25, -0.2) is 8.78 Å². The van der Waals surface area contributed by atoms with E-state index in [0.717, 1.165) is 17.9 Å². The Morgan fingerprint density at radius 3 is 2.10 bits per heavy atom. The Balaban J connectivity index is 1.55. The highest BCUT2D eigenvalue weighted by Gasteiger charge is 2.22. The molecule has 2 heteroatoms. The molecule has 1 aliphatic rings. The van der Waals surface area contributed by atoms with Gasteiger partial charge in [0.25, 0.3) is 0 Å². The zero-order chi connectivity index (χ0) is 21.3. The normalized spacial score (nSPS) is 19.2.